The van der Waals surface area contributed by atoms with Crippen LogP contribution in [0, 0.1) is 0 Å². The van der Waals surface area contributed by atoms with Crippen LogP contribution in [0.5, 0.6) is 0 Å². The molecular weight excluding hydrogens is 264 g/mol. The number of nitrogens with zero attached hydrogens (tertiary/aromatic N) is 4. The molecule has 6 nitrogen and oxygen atoms in total. The fourth-order valence-corrected chi connectivity index (χ4v) is 3.26. The summed E-state index contributed by atoms with van der Waals surface area (Å²) < 4.78 is 0. The quantitative estimate of drug-likeness (QED) is 0.588. The SMILES string of the molecule is CCCc1c(NN)ncnc1N(C)CC1CCCN1CC. The van der Waals surface area contributed by atoms with Gasteiger partial charge in [-0.1, -0.05) is 20.3 Å². The second-order valence-electron chi connectivity index (χ2n) is 5.72. The van der Waals surface area contributed by atoms with Crippen LogP contribution in [0.4, 0.5) is 11.6 Å². The molecule has 21 heavy (non-hydrogen) atoms. The second kappa shape index (κ2) is 7.56. The highest BCUT2D eigenvalue weighted by molar-refractivity contribution is 5.58. The van der Waals surface area contributed by atoms with Crippen LogP contribution in [0.15, 0.2) is 6.33 Å². The molecule has 0 aromatic carbocycles. The molecule has 1 saturated heterocycles. The molecule has 0 spiro atoms. The molecule has 0 amide bonds. The number of hydrogen-bond donors (Lipinski definition) is 2. The lowest BCUT2D eigenvalue weighted by Gasteiger charge is -2.29. The van der Waals surface area contributed by atoms with E-state index in [9.17, 15) is 0 Å². The van der Waals surface area contributed by atoms with Crippen LogP contribution in [0.2, 0.25) is 0 Å². The first kappa shape index (κ1) is 16.0. The molecule has 2 heterocycles. The van der Waals surface area contributed by atoms with Gasteiger partial charge in [-0.05, 0) is 32.4 Å². The molecule has 2 rings (SSSR count). The highest BCUT2D eigenvalue weighted by atomic mass is 15.3. The number of hydrazine groups is 1. The van der Waals surface area contributed by atoms with Crippen molar-refractivity contribution in [1.29, 1.82) is 0 Å². The van der Waals surface area contributed by atoms with E-state index in [0.717, 1.165) is 43.1 Å². The van der Waals surface area contributed by atoms with Crippen LogP contribution in [-0.4, -0.2) is 47.6 Å². The zero-order chi connectivity index (χ0) is 15.2. The highest BCUT2D eigenvalue weighted by Crippen LogP contribution is 2.25. The molecule has 1 aromatic rings. The number of likely N-dealkylation sites (tertiary alicyclic amines) is 1. The Bertz CT molecular complexity index is 450. The van der Waals surface area contributed by atoms with Gasteiger partial charge in [0.1, 0.15) is 18.0 Å². The normalized spacial score (nSPS) is 19.0. The number of nitrogens with two attached hydrogens (primary N) is 1. The lowest BCUT2D eigenvalue weighted by molar-refractivity contribution is 0.270. The predicted octanol–water partition coefficient (Wildman–Crippen LogP) is 1.64. The molecule has 0 aliphatic carbocycles. The minimum Gasteiger partial charge on any atom is -0.358 e. The van der Waals surface area contributed by atoms with Crippen molar-refractivity contribution in [3.63, 3.8) is 0 Å². The maximum Gasteiger partial charge on any atom is 0.148 e. The second-order valence-corrected chi connectivity index (χ2v) is 5.72. The van der Waals surface area contributed by atoms with E-state index >= 15 is 0 Å². The van der Waals surface area contributed by atoms with Gasteiger partial charge in [-0.2, -0.15) is 0 Å². The topological polar surface area (TPSA) is 70.3 Å². The molecule has 1 aliphatic heterocycles. The summed E-state index contributed by atoms with van der Waals surface area (Å²) in [6.07, 6.45) is 6.14. The average molecular weight is 292 g/mol. The average Bonchev–Trinajstić information content (AvgIpc) is 2.94. The van der Waals surface area contributed by atoms with E-state index in [-0.39, 0.29) is 0 Å². The van der Waals surface area contributed by atoms with Crippen LogP contribution in [-0.2, 0) is 6.42 Å². The van der Waals surface area contributed by atoms with Gasteiger partial charge in [-0.3, -0.25) is 4.90 Å². The molecule has 1 unspecified atom stereocenters. The summed E-state index contributed by atoms with van der Waals surface area (Å²) in [7, 11) is 2.12. The number of rotatable bonds is 7. The molecule has 6 heteroatoms. The van der Waals surface area contributed by atoms with E-state index < -0.39 is 0 Å². The minimum atomic E-state index is 0.624. The van der Waals surface area contributed by atoms with E-state index in [0.29, 0.717) is 6.04 Å². The Balaban J connectivity index is 2.16. The fourth-order valence-electron chi connectivity index (χ4n) is 3.26. The first-order valence-electron chi connectivity index (χ1n) is 7.96. The molecule has 3 N–H and O–H groups in total. The van der Waals surface area contributed by atoms with Crippen LogP contribution < -0.4 is 16.2 Å². The molecule has 1 aliphatic rings. The van der Waals surface area contributed by atoms with Gasteiger partial charge in [-0.25, -0.2) is 15.8 Å². The zero-order valence-electron chi connectivity index (χ0n) is 13.5. The summed E-state index contributed by atoms with van der Waals surface area (Å²) in [6, 6.07) is 0.624. The third-order valence-corrected chi connectivity index (χ3v) is 4.31. The molecule has 0 saturated carbocycles. The maximum absolute atomic E-state index is 5.59. The Labute approximate surface area is 127 Å². The first-order chi connectivity index (χ1) is 10.2. The van der Waals surface area contributed by atoms with Crippen LogP contribution in [0.1, 0.15) is 38.7 Å². The van der Waals surface area contributed by atoms with Crippen LogP contribution in [0.3, 0.4) is 0 Å². The number of likely N-dealkylation sites (N-methyl/N-ethyl adjacent to an activating group) is 2. The van der Waals surface area contributed by atoms with Gasteiger partial charge >= 0.3 is 0 Å². The largest absolute Gasteiger partial charge is 0.358 e. The molecule has 1 atom stereocenters. The van der Waals surface area contributed by atoms with Crippen molar-refractivity contribution in [3.05, 3.63) is 11.9 Å². The van der Waals surface area contributed by atoms with Crippen molar-refractivity contribution in [2.24, 2.45) is 5.84 Å². The van der Waals surface area contributed by atoms with E-state index in [1.54, 1.807) is 6.33 Å². The lowest BCUT2D eigenvalue weighted by Crippen LogP contribution is -2.39. The van der Waals surface area contributed by atoms with Gasteiger partial charge in [0.05, 0.1) is 0 Å². The van der Waals surface area contributed by atoms with E-state index in [2.05, 4.69) is 46.1 Å². The van der Waals surface area contributed by atoms with Gasteiger partial charge in [0, 0.05) is 25.2 Å². The van der Waals surface area contributed by atoms with E-state index in [1.165, 1.54) is 19.4 Å². The van der Waals surface area contributed by atoms with Crippen molar-refractivity contribution in [2.75, 3.05) is 37.0 Å². The summed E-state index contributed by atoms with van der Waals surface area (Å²) in [5.41, 5.74) is 3.82. The molecular formula is C15H28N6. The Morgan fingerprint density at radius 1 is 1.43 bits per heavy atom. The third kappa shape index (κ3) is 3.63. The fraction of sp³-hybridized carbons (Fsp3) is 0.733. The van der Waals surface area contributed by atoms with Gasteiger partial charge in [0.25, 0.3) is 0 Å². The van der Waals surface area contributed by atoms with Crippen molar-refractivity contribution in [2.45, 2.75) is 45.6 Å². The van der Waals surface area contributed by atoms with E-state index in [4.69, 9.17) is 5.84 Å². The van der Waals surface area contributed by atoms with Gasteiger partial charge < -0.3 is 10.3 Å². The Hall–Kier alpha value is -1.40. The highest BCUT2D eigenvalue weighted by Gasteiger charge is 2.25. The number of nitrogen functional groups attached to an aromatic ring is 1. The van der Waals surface area contributed by atoms with Crippen molar-refractivity contribution in [3.8, 4) is 0 Å². The number of hydrogen-bond acceptors (Lipinski definition) is 6. The standard InChI is InChI=1S/C15H28N6/c1-4-7-13-14(19-16)17-11-18-15(13)20(3)10-12-8-6-9-21(12)5-2/h11-12H,4-10,16H2,1-3H3,(H,17,18,19). The summed E-state index contributed by atoms with van der Waals surface area (Å²) in [5, 5.41) is 0. The number of nitrogens with one attached hydrogen (secondary N) is 1. The Morgan fingerprint density at radius 3 is 2.90 bits per heavy atom. The van der Waals surface area contributed by atoms with Gasteiger partial charge in [-0.15, -0.1) is 0 Å². The molecule has 0 radical (unpaired) electrons. The minimum absolute atomic E-state index is 0.624. The third-order valence-electron chi connectivity index (χ3n) is 4.31. The molecule has 1 aromatic heterocycles. The van der Waals surface area contributed by atoms with Crippen molar-refractivity contribution >= 4 is 11.6 Å². The molecule has 118 valence electrons. The van der Waals surface area contributed by atoms with Gasteiger partial charge in [0.15, 0.2) is 0 Å². The van der Waals surface area contributed by atoms with Crippen molar-refractivity contribution in [1.82, 2.24) is 14.9 Å². The van der Waals surface area contributed by atoms with Gasteiger partial charge in [0.2, 0.25) is 0 Å². The Morgan fingerprint density at radius 2 is 2.24 bits per heavy atom. The number of aromatic nitrogens is 2. The predicted molar refractivity (Wildman–Crippen MR) is 87.4 cm³/mol. The maximum atomic E-state index is 5.59. The molecule has 1 fully saturated rings. The van der Waals surface area contributed by atoms with Crippen molar-refractivity contribution < 1.29 is 0 Å². The van der Waals surface area contributed by atoms with E-state index in [1.807, 2.05) is 0 Å². The molecule has 0 bridgehead atoms. The smallest absolute Gasteiger partial charge is 0.148 e. The van der Waals surface area contributed by atoms with Crippen LogP contribution >= 0.6 is 0 Å². The Kier molecular flexibility index (Phi) is 5.76. The summed E-state index contributed by atoms with van der Waals surface area (Å²) >= 11 is 0. The first-order valence-corrected chi connectivity index (χ1v) is 7.96. The lowest BCUT2D eigenvalue weighted by atomic mass is 10.1. The zero-order valence-corrected chi connectivity index (χ0v) is 13.5. The summed E-state index contributed by atoms with van der Waals surface area (Å²) in [4.78, 5) is 13.5. The summed E-state index contributed by atoms with van der Waals surface area (Å²) in [5.74, 6) is 7.34. The van der Waals surface area contributed by atoms with Crippen LogP contribution in [0.25, 0.3) is 0 Å². The number of anilines is 2. The summed E-state index contributed by atoms with van der Waals surface area (Å²) in [6.45, 7) is 7.75. The monoisotopic (exact) mass is 292 g/mol.